The molecule has 16 heavy (non-hydrogen) atoms. The largest absolute Gasteiger partial charge is 0.493 e. The SMILES string of the molecule is CC1COc2ccc(Br)c3[nH]c(Br)c(c23)C1. The average Bonchev–Trinajstić information content (AvgIpc) is 2.47. The van der Waals surface area contributed by atoms with E-state index >= 15 is 0 Å². The number of rotatable bonds is 0. The maximum atomic E-state index is 5.84. The number of nitrogens with one attached hydrogen (secondary N) is 1. The van der Waals surface area contributed by atoms with E-state index in [1.54, 1.807) is 0 Å². The van der Waals surface area contributed by atoms with Crippen LogP contribution in [0.25, 0.3) is 10.9 Å². The maximum Gasteiger partial charge on any atom is 0.129 e. The molecule has 0 fully saturated rings. The summed E-state index contributed by atoms with van der Waals surface area (Å²) in [6.45, 7) is 3.00. The minimum absolute atomic E-state index is 0.543. The lowest BCUT2D eigenvalue weighted by Crippen LogP contribution is -2.08. The molecule has 2 nitrogen and oxygen atoms in total. The van der Waals surface area contributed by atoms with E-state index in [4.69, 9.17) is 4.74 Å². The molecule has 0 radical (unpaired) electrons. The highest BCUT2D eigenvalue weighted by atomic mass is 79.9. The molecule has 1 atom stereocenters. The Labute approximate surface area is 111 Å². The van der Waals surface area contributed by atoms with Crippen LogP contribution in [-0.2, 0) is 6.42 Å². The van der Waals surface area contributed by atoms with E-state index in [0.29, 0.717) is 5.92 Å². The molecule has 1 aliphatic heterocycles. The smallest absolute Gasteiger partial charge is 0.129 e. The topological polar surface area (TPSA) is 25.0 Å². The number of aromatic amines is 1. The highest BCUT2D eigenvalue weighted by Crippen LogP contribution is 2.40. The molecule has 1 aromatic carbocycles. The van der Waals surface area contributed by atoms with E-state index in [-0.39, 0.29) is 0 Å². The van der Waals surface area contributed by atoms with Crippen molar-refractivity contribution in [3.63, 3.8) is 0 Å². The monoisotopic (exact) mass is 343 g/mol. The molecular weight excluding hydrogens is 334 g/mol. The quantitative estimate of drug-likeness (QED) is 0.758. The highest BCUT2D eigenvalue weighted by molar-refractivity contribution is 9.11. The molecule has 0 bridgehead atoms. The summed E-state index contributed by atoms with van der Waals surface area (Å²) >= 11 is 7.17. The molecule has 0 amide bonds. The van der Waals surface area contributed by atoms with Gasteiger partial charge in [0.1, 0.15) is 5.75 Å². The number of hydrogen-bond acceptors (Lipinski definition) is 1. The third-order valence-corrected chi connectivity index (χ3v) is 4.33. The molecule has 0 saturated heterocycles. The molecule has 4 heteroatoms. The fraction of sp³-hybridized carbons (Fsp3) is 0.333. The van der Waals surface area contributed by atoms with Gasteiger partial charge < -0.3 is 9.72 Å². The molecule has 1 aliphatic rings. The zero-order valence-corrected chi connectivity index (χ0v) is 12.0. The van der Waals surface area contributed by atoms with Crippen molar-refractivity contribution in [1.82, 2.24) is 4.98 Å². The lowest BCUT2D eigenvalue weighted by atomic mass is 10.0. The fourth-order valence-electron chi connectivity index (χ4n) is 2.23. The van der Waals surface area contributed by atoms with Crippen molar-refractivity contribution in [2.75, 3.05) is 6.61 Å². The van der Waals surface area contributed by atoms with Gasteiger partial charge in [0.2, 0.25) is 0 Å². The standard InChI is InChI=1S/C12H11Br2NO/c1-6-4-7-10-9(16-5-6)3-2-8(13)11(10)15-12(7)14/h2-3,6,15H,4-5H2,1H3. The minimum Gasteiger partial charge on any atom is -0.493 e. The van der Waals surface area contributed by atoms with Gasteiger partial charge in [-0.15, -0.1) is 0 Å². The van der Waals surface area contributed by atoms with Gasteiger partial charge in [-0.25, -0.2) is 0 Å². The highest BCUT2D eigenvalue weighted by Gasteiger charge is 2.21. The third kappa shape index (κ3) is 1.51. The normalized spacial score (nSPS) is 19.6. The first-order valence-electron chi connectivity index (χ1n) is 5.28. The summed E-state index contributed by atoms with van der Waals surface area (Å²) in [6, 6.07) is 4.06. The maximum absolute atomic E-state index is 5.84. The Kier molecular flexibility index (Phi) is 2.51. The van der Waals surface area contributed by atoms with Crippen LogP contribution in [0.15, 0.2) is 21.2 Å². The summed E-state index contributed by atoms with van der Waals surface area (Å²) < 4.78 is 8.00. The summed E-state index contributed by atoms with van der Waals surface area (Å²) in [5.41, 5.74) is 2.45. The lowest BCUT2D eigenvalue weighted by molar-refractivity contribution is 0.268. The van der Waals surface area contributed by atoms with Gasteiger partial charge in [-0.2, -0.15) is 0 Å². The van der Waals surface area contributed by atoms with Crippen molar-refractivity contribution in [3.05, 3.63) is 26.8 Å². The molecule has 0 aliphatic carbocycles. The van der Waals surface area contributed by atoms with E-state index in [1.165, 1.54) is 10.9 Å². The van der Waals surface area contributed by atoms with Gasteiger partial charge in [-0.05, 0) is 61.9 Å². The first-order chi connectivity index (χ1) is 7.66. The first kappa shape index (κ1) is 10.7. The van der Waals surface area contributed by atoms with Crippen LogP contribution >= 0.6 is 31.9 Å². The average molecular weight is 345 g/mol. The molecule has 2 heterocycles. The molecular formula is C12H11Br2NO. The van der Waals surface area contributed by atoms with Crippen LogP contribution in [0.4, 0.5) is 0 Å². The number of hydrogen-bond donors (Lipinski definition) is 1. The fourth-order valence-corrected chi connectivity index (χ4v) is 3.21. The van der Waals surface area contributed by atoms with Gasteiger partial charge in [-0.1, -0.05) is 6.92 Å². The number of ether oxygens (including phenoxy) is 1. The lowest BCUT2D eigenvalue weighted by Gasteiger charge is -2.08. The second kappa shape index (κ2) is 3.77. The van der Waals surface area contributed by atoms with E-state index in [9.17, 15) is 0 Å². The molecule has 1 N–H and O–H groups in total. The molecule has 1 aromatic heterocycles. The summed E-state index contributed by atoms with van der Waals surface area (Å²) in [5.74, 6) is 1.53. The first-order valence-corrected chi connectivity index (χ1v) is 6.86. The second-order valence-corrected chi connectivity index (χ2v) is 5.98. The van der Waals surface area contributed by atoms with Crippen LogP contribution in [0.3, 0.4) is 0 Å². The summed E-state index contributed by atoms with van der Waals surface area (Å²) in [5, 5.41) is 1.21. The number of halogens is 2. The molecule has 1 unspecified atom stereocenters. The van der Waals surface area contributed by atoms with Crippen LogP contribution in [0.5, 0.6) is 5.75 Å². The van der Waals surface area contributed by atoms with E-state index in [0.717, 1.165) is 33.4 Å². The number of H-pyrrole nitrogens is 1. The van der Waals surface area contributed by atoms with Crippen molar-refractivity contribution in [2.45, 2.75) is 13.3 Å². The van der Waals surface area contributed by atoms with E-state index < -0.39 is 0 Å². The van der Waals surface area contributed by atoms with E-state index in [2.05, 4.69) is 43.8 Å². The Hall–Kier alpha value is -0.480. The van der Waals surface area contributed by atoms with Crippen LogP contribution in [-0.4, -0.2) is 11.6 Å². The Morgan fingerprint density at radius 3 is 3.00 bits per heavy atom. The van der Waals surface area contributed by atoms with Gasteiger partial charge >= 0.3 is 0 Å². The van der Waals surface area contributed by atoms with Crippen LogP contribution < -0.4 is 4.74 Å². The van der Waals surface area contributed by atoms with Gasteiger partial charge in [0, 0.05) is 9.86 Å². The molecule has 2 aromatic rings. The summed E-state index contributed by atoms with van der Waals surface area (Å²) in [6.07, 6.45) is 1.05. The van der Waals surface area contributed by atoms with Gasteiger partial charge in [-0.3, -0.25) is 0 Å². The number of benzene rings is 1. The summed E-state index contributed by atoms with van der Waals surface area (Å²) in [7, 11) is 0. The molecule has 0 spiro atoms. The zero-order chi connectivity index (χ0) is 11.3. The van der Waals surface area contributed by atoms with Crippen molar-refractivity contribution < 1.29 is 4.74 Å². The van der Waals surface area contributed by atoms with Crippen molar-refractivity contribution >= 4 is 42.8 Å². The molecule has 0 saturated carbocycles. The molecule has 3 rings (SSSR count). The Morgan fingerprint density at radius 2 is 2.19 bits per heavy atom. The van der Waals surface area contributed by atoms with Crippen molar-refractivity contribution in [1.29, 1.82) is 0 Å². The van der Waals surface area contributed by atoms with Gasteiger partial charge in [0.15, 0.2) is 0 Å². The van der Waals surface area contributed by atoms with Crippen molar-refractivity contribution in [2.24, 2.45) is 5.92 Å². The van der Waals surface area contributed by atoms with Crippen LogP contribution in [0, 0.1) is 5.92 Å². The minimum atomic E-state index is 0.543. The Morgan fingerprint density at radius 1 is 1.38 bits per heavy atom. The third-order valence-electron chi connectivity index (χ3n) is 2.99. The van der Waals surface area contributed by atoms with Gasteiger partial charge in [0.05, 0.1) is 16.7 Å². The van der Waals surface area contributed by atoms with Crippen molar-refractivity contribution in [3.8, 4) is 5.75 Å². The second-order valence-electron chi connectivity index (χ2n) is 4.33. The number of aromatic nitrogens is 1. The Balaban J connectivity index is 2.38. The van der Waals surface area contributed by atoms with Gasteiger partial charge in [0.25, 0.3) is 0 Å². The predicted octanol–water partition coefficient (Wildman–Crippen LogP) is 4.26. The van der Waals surface area contributed by atoms with E-state index in [1.807, 2.05) is 12.1 Å². The molecule has 84 valence electrons. The summed E-state index contributed by atoms with van der Waals surface area (Å²) in [4.78, 5) is 3.37. The zero-order valence-electron chi connectivity index (χ0n) is 8.81. The Bertz CT molecular complexity index is 562. The predicted molar refractivity (Wildman–Crippen MR) is 72.1 cm³/mol. The van der Waals surface area contributed by atoms with Crippen LogP contribution in [0.1, 0.15) is 12.5 Å². The van der Waals surface area contributed by atoms with Crippen LogP contribution in [0.2, 0.25) is 0 Å².